The second kappa shape index (κ2) is 10.5. The molecule has 138 valence electrons. The largest absolute Gasteiger partial charge is 0.497 e. The molecule has 6 heteroatoms. The molecule has 0 unspecified atom stereocenters. The second-order valence-corrected chi connectivity index (χ2v) is 6.79. The van der Waals surface area contributed by atoms with Gasteiger partial charge in [0.15, 0.2) is 6.61 Å². The van der Waals surface area contributed by atoms with E-state index in [0.717, 1.165) is 16.2 Å². The summed E-state index contributed by atoms with van der Waals surface area (Å²) in [6.45, 7) is 2.28. The minimum absolute atomic E-state index is 0.153. The normalized spacial score (nSPS) is 11.5. The Morgan fingerprint density at radius 2 is 1.77 bits per heavy atom. The Kier molecular flexibility index (Phi) is 8.02. The van der Waals surface area contributed by atoms with Crippen LogP contribution in [0.5, 0.6) is 5.75 Å². The molecular formula is C20H23NO4S. The van der Waals surface area contributed by atoms with Gasteiger partial charge in [-0.25, -0.2) is 0 Å². The highest BCUT2D eigenvalue weighted by Gasteiger charge is 2.10. The quantitative estimate of drug-likeness (QED) is 0.540. The number of benzene rings is 2. The first kappa shape index (κ1) is 19.8. The van der Waals surface area contributed by atoms with E-state index >= 15 is 0 Å². The Morgan fingerprint density at radius 3 is 2.42 bits per heavy atom. The predicted molar refractivity (Wildman–Crippen MR) is 103 cm³/mol. The maximum atomic E-state index is 11.8. The number of ether oxygens (including phenoxy) is 2. The number of esters is 1. The highest BCUT2D eigenvalue weighted by Crippen LogP contribution is 2.21. The first-order valence-corrected chi connectivity index (χ1v) is 9.31. The van der Waals surface area contributed by atoms with E-state index in [9.17, 15) is 9.59 Å². The van der Waals surface area contributed by atoms with Crippen LogP contribution in [0, 0.1) is 0 Å². The molecule has 0 aliphatic rings. The van der Waals surface area contributed by atoms with Crippen molar-refractivity contribution < 1.29 is 19.1 Å². The first-order valence-electron chi connectivity index (χ1n) is 8.32. The summed E-state index contributed by atoms with van der Waals surface area (Å²) in [5.74, 6) is 0.396. The van der Waals surface area contributed by atoms with Gasteiger partial charge < -0.3 is 14.8 Å². The lowest BCUT2D eigenvalue weighted by molar-refractivity contribution is -0.145. The zero-order chi connectivity index (χ0) is 18.8. The number of thioether (sulfide) groups is 1. The first-order chi connectivity index (χ1) is 12.6. The van der Waals surface area contributed by atoms with Crippen molar-refractivity contribution >= 4 is 23.6 Å². The summed E-state index contributed by atoms with van der Waals surface area (Å²) in [7, 11) is 1.60. The highest BCUT2D eigenvalue weighted by atomic mass is 32.2. The molecule has 0 spiro atoms. The number of carbonyl (C=O) groups is 2. The molecule has 2 rings (SSSR count). The third kappa shape index (κ3) is 6.80. The fraction of sp³-hybridized carbons (Fsp3) is 0.300. The van der Waals surface area contributed by atoms with E-state index in [1.165, 1.54) is 11.8 Å². The third-order valence-electron chi connectivity index (χ3n) is 3.75. The number of amides is 1. The van der Waals surface area contributed by atoms with Crippen LogP contribution in [0.1, 0.15) is 18.4 Å². The Labute approximate surface area is 158 Å². The summed E-state index contributed by atoms with van der Waals surface area (Å²) < 4.78 is 10.1. The fourth-order valence-corrected chi connectivity index (χ4v) is 2.92. The summed E-state index contributed by atoms with van der Waals surface area (Å²) in [4.78, 5) is 24.5. The lowest BCUT2D eigenvalue weighted by atomic mass is 10.0. The maximum Gasteiger partial charge on any atom is 0.316 e. The van der Waals surface area contributed by atoms with Gasteiger partial charge in [-0.3, -0.25) is 9.59 Å². The van der Waals surface area contributed by atoms with Crippen LogP contribution in [0.4, 0.5) is 0 Å². The smallest absolute Gasteiger partial charge is 0.316 e. The molecule has 0 aliphatic heterocycles. The molecule has 0 heterocycles. The van der Waals surface area contributed by atoms with Gasteiger partial charge >= 0.3 is 5.97 Å². The summed E-state index contributed by atoms with van der Waals surface area (Å²) in [5.41, 5.74) is 1.15. The maximum absolute atomic E-state index is 11.8. The summed E-state index contributed by atoms with van der Waals surface area (Å²) in [5, 5.41) is 2.79. The molecule has 0 aromatic heterocycles. The van der Waals surface area contributed by atoms with Crippen LogP contribution in [-0.4, -0.2) is 37.9 Å². The minimum atomic E-state index is -0.419. The van der Waals surface area contributed by atoms with Crippen molar-refractivity contribution in [2.24, 2.45) is 0 Å². The molecule has 1 atom stereocenters. The molecule has 2 aromatic rings. The molecule has 0 radical (unpaired) electrons. The monoisotopic (exact) mass is 373 g/mol. The van der Waals surface area contributed by atoms with Crippen molar-refractivity contribution in [3.05, 3.63) is 60.2 Å². The minimum Gasteiger partial charge on any atom is -0.497 e. The lowest BCUT2D eigenvalue weighted by Gasteiger charge is -2.13. The van der Waals surface area contributed by atoms with Crippen LogP contribution in [-0.2, 0) is 14.3 Å². The van der Waals surface area contributed by atoms with Gasteiger partial charge in [0.2, 0.25) is 0 Å². The van der Waals surface area contributed by atoms with Gasteiger partial charge in [-0.2, -0.15) is 0 Å². The van der Waals surface area contributed by atoms with E-state index < -0.39 is 5.97 Å². The highest BCUT2D eigenvalue weighted by molar-refractivity contribution is 8.00. The molecule has 0 aliphatic carbocycles. The molecule has 26 heavy (non-hydrogen) atoms. The number of hydrogen-bond donors (Lipinski definition) is 1. The Balaban J connectivity index is 1.64. The van der Waals surface area contributed by atoms with Crippen molar-refractivity contribution in [3.8, 4) is 5.75 Å². The van der Waals surface area contributed by atoms with Crippen molar-refractivity contribution in [1.29, 1.82) is 0 Å². The van der Waals surface area contributed by atoms with Crippen LogP contribution >= 0.6 is 11.8 Å². The van der Waals surface area contributed by atoms with Gasteiger partial charge in [0.1, 0.15) is 5.75 Å². The van der Waals surface area contributed by atoms with Crippen LogP contribution in [0.3, 0.4) is 0 Å². The van der Waals surface area contributed by atoms with Crippen LogP contribution in [0.25, 0.3) is 0 Å². The molecule has 2 aromatic carbocycles. The second-order valence-electron chi connectivity index (χ2n) is 5.74. The topological polar surface area (TPSA) is 64.6 Å². The van der Waals surface area contributed by atoms with Gasteiger partial charge in [0, 0.05) is 11.4 Å². The van der Waals surface area contributed by atoms with Crippen LogP contribution < -0.4 is 10.1 Å². The standard InChI is InChI=1S/C20H23NO4S/c1-15(16-6-4-3-5-7-16)12-21-19(22)13-25-20(23)14-26-18-10-8-17(24-2)9-11-18/h3-11,15H,12-14H2,1-2H3,(H,21,22)/t15-/m0/s1. The molecule has 1 amide bonds. The van der Waals surface area contributed by atoms with E-state index in [0.29, 0.717) is 6.54 Å². The number of hydrogen-bond acceptors (Lipinski definition) is 5. The Hall–Kier alpha value is -2.47. The van der Waals surface area contributed by atoms with Crippen molar-refractivity contribution in [2.45, 2.75) is 17.7 Å². The van der Waals surface area contributed by atoms with E-state index in [2.05, 4.69) is 5.32 Å². The summed E-state index contributed by atoms with van der Waals surface area (Å²) in [6, 6.07) is 17.3. The molecule has 0 fully saturated rings. The van der Waals surface area contributed by atoms with Crippen molar-refractivity contribution in [3.63, 3.8) is 0 Å². The summed E-state index contributed by atoms with van der Waals surface area (Å²) in [6.07, 6.45) is 0. The van der Waals surface area contributed by atoms with Crippen LogP contribution in [0.15, 0.2) is 59.5 Å². The zero-order valence-electron chi connectivity index (χ0n) is 14.9. The summed E-state index contributed by atoms with van der Waals surface area (Å²) >= 11 is 1.35. The van der Waals surface area contributed by atoms with Gasteiger partial charge in [-0.1, -0.05) is 37.3 Å². The zero-order valence-corrected chi connectivity index (χ0v) is 15.8. The number of rotatable bonds is 9. The molecule has 0 bridgehead atoms. The van der Waals surface area contributed by atoms with Crippen molar-refractivity contribution in [1.82, 2.24) is 5.32 Å². The predicted octanol–water partition coefficient (Wildman–Crippen LogP) is 3.25. The molecule has 0 saturated carbocycles. The third-order valence-corrected chi connectivity index (χ3v) is 4.74. The number of nitrogens with one attached hydrogen (secondary N) is 1. The Bertz CT molecular complexity index is 704. The molecule has 0 saturated heterocycles. The average Bonchev–Trinajstić information content (AvgIpc) is 2.69. The molecule has 5 nitrogen and oxygen atoms in total. The number of methoxy groups -OCH3 is 1. The average molecular weight is 373 g/mol. The van der Waals surface area contributed by atoms with Crippen molar-refractivity contribution in [2.75, 3.05) is 26.0 Å². The SMILES string of the molecule is COc1ccc(SCC(=O)OCC(=O)NC[C@H](C)c2ccccc2)cc1. The van der Waals surface area contributed by atoms with E-state index in [1.807, 2.05) is 61.5 Å². The van der Waals surface area contributed by atoms with Gasteiger partial charge in [-0.15, -0.1) is 11.8 Å². The lowest BCUT2D eigenvalue weighted by Crippen LogP contribution is -2.31. The van der Waals surface area contributed by atoms with Crippen LogP contribution in [0.2, 0.25) is 0 Å². The van der Waals surface area contributed by atoms with E-state index in [4.69, 9.17) is 9.47 Å². The van der Waals surface area contributed by atoms with Gasteiger partial charge in [0.25, 0.3) is 5.91 Å². The molecular weight excluding hydrogens is 350 g/mol. The van der Waals surface area contributed by atoms with E-state index in [-0.39, 0.29) is 24.2 Å². The van der Waals surface area contributed by atoms with E-state index in [1.54, 1.807) is 7.11 Å². The number of carbonyl (C=O) groups excluding carboxylic acids is 2. The van der Waals surface area contributed by atoms with Gasteiger partial charge in [-0.05, 0) is 35.7 Å². The fourth-order valence-electron chi connectivity index (χ4n) is 2.22. The Morgan fingerprint density at radius 1 is 1.08 bits per heavy atom. The van der Waals surface area contributed by atoms with Gasteiger partial charge in [0.05, 0.1) is 12.9 Å². The molecule has 1 N–H and O–H groups in total.